The van der Waals surface area contributed by atoms with Gasteiger partial charge in [-0.2, -0.15) is 0 Å². The van der Waals surface area contributed by atoms with Crippen LogP contribution in [0.5, 0.6) is 0 Å². The van der Waals surface area contributed by atoms with Crippen molar-refractivity contribution >= 4 is 34.6 Å². The van der Waals surface area contributed by atoms with Gasteiger partial charge in [-0.15, -0.1) is 0 Å². The second kappa shape index (κ2) is 7.21. The van der Waals surface area contributed by atoms with Crippen molar-refractivity contribution in [3.8, 4) is 0 Å². The molecule has 3 aromatic rings. The van der Waals surface area contributed by atoms with Gasteiger partial charge in [-0.25, -0.2) is 19.9 Å². The molecule has 0 saturated heterocycles. The first-order valence-corrected chi connectivity index (χ1v) is 7.36. The molecule has 6 N–H and O–H groups in total. The number of carbonyl (C=O) groups is 2. The number of primary amides is 2. The Hall–Kier alpha value is -4.08. The highest BCUT2D eigenvalue weighted by molar-refractivity contribution is 6.08. The smallest absolute Gasteiger partial charge is 0.249 e. The molecule has 0 saturated carbocycles. The fourth-order valence-corrected chi connectivity index (χ4v) is 2.25. The molecule has 2 heterocycles. The first-order chi connectivity index (χ1) is 12.5. The van der Waals surface area contributed by atoms with Crippen molar-refractivity contribution in [1.82, 2.24) is 19.9 Å². The molecule has 10 nitrogen and oxygen atoms in total. The minimum Gasteiger partial charge on any atom is -0.366 e. The number of hydrogen-bond acceptors (Lipinski definition) is 8. The fraction of sp³-hybridized carbons (Fsp3) is 0. The molecule has 0 aliphatic rings. The van der Waals surface area contributed by atoms with E-state index in [1.54, 1.807) is 24.8 Å². The van der Waals surface area contributed by atoms with E-state index in [4.69, 9.17) is 11.5 Å². The van der Waals surface area contributed by atoms with E-state index in [0.29, 0.717) is 22.7 Å². The van der Waals surface area contributed by atoms with Crippen LogP contribution in [0, 0.1) is 0 Å². The van der Waals surface area contributed by atoms with Crippen LogP contribution < -0.4 is 22.1 Å². The molecule has 0 unspecified atom stereocenters. The van der Waals surface area contributed by atoms with Gasteiger partial charge in [-0.1, -0.05) is 0 Å². The lowest BCUT2D eigenvalue weighted by Crippen LogP contribution is -2.21. The van der Waals surface area contributed by atoms with E-state index < -0.39 is 11.8 Å². The third-order valence-electron chi connectivity index (χ3n) is 3.37. The molecule has 0 aliphatic heterocycles. The van der Waals surface area contributed by atoms with E-state index >= 15 is 0 Å². The van der Waals surface area contributed by atoms with Gasteiger partial charge in [0.15, 0.2) is 0 Å². The summed E-state index contributed by atoms with van der Waals surface area (Å²) >= 11 is 0. The lowest BCUT2D eigenvalue weighted by atomic mass is 10.0. The van der Waals surface area contributed by atoms with Gasteiger partial charge in [0.25, 0.3) is 0 Å². The molecule has 2 amide bonds. The largest absolute Gasteiger partial charge is 0.366 e. The molecule has 2 aromatic heterocycles. The molecular weight excluding hydrogens is 336 g/mol. The Kier molecular flexibility index (Phi) is 4.65. The number of amides is 2. The highest BCUT2D eigenvalue weighted by Gasteiger charge is 2.18. The van der Waals surface area contributed by atoms with Crippen molar-refractivity contribution in [2.75, 3.05) is 10.6 Å². The van der Waals surface area contributed by atoms with Crippen molar-refractivity contribution in [3.63, 3.8) is 0 Å². The summed E-state index contributed by atoms with van der Waals surface area (Å²) < 4.78 is 0. The summed E-state index contributed by atoms with van der Waals surface area (Å²) in [5.41, 5.74) is 12.8. The molecular formula is C16H14N8O2. The van der Waals surface area contributed by atoms with Gasteiger partial charge < -0.3 is 22.1 Å². The number of benzene rings is 1. The molecule has 0 spiro atoms. The number of carbonyl (C=O) groups excluding carboxylic acids is 2. The number of nitrogens with two attached hydrogens (primary N) is 2. The van der Waals surface area contributed by atoms with E-state index in [1.165, 1.54) is 24.8 Å². The number of nitrogens with one attached hydrogen (secondary N) is 2. The van der Waals surface area contributed by atoms with Crippen molar-refractivity contribution < 1.29 is 9.59 Å². The Morgan fingerprint density at radius 1 is 0.692 bits per heavy atom. The fourth-order valence-electron chi connectivity index (χ4n) is 2.25. The molecule has 0 bridgehead atoms. The number of aromatic nitrogens is 4. The number of anilines is 4. The van der Waals surface area contributed by atoms with Crippen LogP contribution in [-0.2, 0) is 0 Å². The Morgan fingerprint density at radius 2 is 1.04 bits per heavy atom. The van der Waals surface area contributed by atoms with E-state index in [9.17, 15) is 9.59 Å². The summed E-state index contributed by atoms with van der Waals surface area (Å²) in [7, 11) is 0. The van der Waals surface area contributed by atoms with Gasteiger partial charge in [-0.05, 0) is 12.1 Å². The van der Waals surface area contributed by atoms with Crippen LogP contribution >= 0.6 is 0 Å². The Bertz CT molecular complexity index is 869. The van der Waals surface area contributed by atoms with Crippen LogP contribution in [0.1, 0.15) is 20.7 Å². The zero-order valence-electron chi connectivity index (χ0n) is 13.4. The van der Waals surface area contributed by atoms with E-state index in [1.807, 2.05) is 0 Å². The second-order valence-corrected chi connectivity index (χ2v) is 5.18. The van der Waals surface area contributed by atoms with Gasteiger partial charge >= 0.3 is 0 Å². The highest BCUT2D eigenvalue weighted by Crippen LogP contribution is 2.31. The van der Waals surface area contributed by atoms with E-state index in [-0.39, 0.29) is 11.1 Å². The Balaban J connectivity index is 2.10. The summed E-state index contributed by atoms with van der Waals surface area (Å²) in [6, 6.07) is 2.86. The first-order valence-electron chi connectivity index (χ1n) is 7.36. The zero-order valence-corrected chi connectivity index (χ0v) is 13.4. The van der Waals surface area contributed by atoms with Gasteiger partial charge in [-0.3, -0.25) is 9.59 Å². The predicted octanol–water partition coefficient (Wildman–Crippen LogP) is 0.952. The number of hydrogen-bond donors (Lipinski definition) is 4. The normalized spacial score (nSPS) is 10.2. The molecule has 0 aliphatic carbocycles. The maximum Gasteiger partial charge on any atom is 0.249 e. The standard InChI is InChI=1S/C16H14N8O2/c17-15(25)11-1-13(23-9-3-19-7-20-4-9)14(2-12(11)16(18)26)24-10-5-21-8-22-6-10/h1-8,23-24H,(H2,17,25)(H2,18,26). The molecule has 1 aromatic carbocycles. The summed E-state index contributed by atoms with van der Waals surface area (Å²) in [5.74, 6) is -1.55. The van der Waals surface area contributed by atoms with Crippen molar-refractivity contribution in [1.29, 1.82) is 0 Å². The van der Waals surface area contributed by atoms with Gasteiger partial charge in [0.1, 0.15) is 12.7 Å². The quantitative estimate of drug-likeness (QED) is 0.510. The third kappa shape index (κ3) is 3.70. The maximum atomic E-state index is 11.7. The third-order valence-corrected chi connectivity index (χ3v) is 3.37. The predicted molar refractivity (Wildman–Crippen MR) is 94.1 cm³/mol. The van der Waals surface area contributed by atoms with Crippen LogP contribution in [0.25, 0.3) is 0 Å². The average molecular weight is 350 g/mol. The van der Waals surface area contributed by atoms with Crippen LogP contribution in [0.15, 0.2) is 49.6 Å². The Morgan fingerprint density at radius 3 is 1.35 bits per heavy atom. The minimum absolute atomic E-state index is 0.00767. The maximum absolute atomic E-state index is 11.7. The highest BCUT2D eigenvalue weighted by atomic mass is 16.2. The summed E-state index contributed by atoms with van der Waals surface area (Å²) in [5, 5.41) is 6.13. The Labute approximate surface area is 147 Å². The average Bonchev–Trinajstić information content (AvgIpc) is 2.64. The summed E-state index contributed by atoms with van der Waals surface area (Å²) in [6.45, 7) is 0. The summed E-state index contributed by atoms with van der Waals surface area (Å²) in [6.07, 6.45) is 8.97. The lowest BCUT2D eigenvalue weighted by molar-refractivity contribution is 0.0967. The van der Waals surface area contributed by atoms with Crippen molar-refractivity contribution in [2.45, 2.75) is 0 Å². The van der Waals surface area contributed by atoms with Gasteiger partial charge in [0.05, 0.1) is 58.7 Å². The van der Waals surface area contributed by atoms with Crippen molar-refractivity contribution in [3.05, 3.63) is 60.7 Å². The summed E-state index contributed by atoms with van der Waals surface area (Å²) in [4.78, 5) is 39.1. The van der Waals surface area contributed by atoms with E-state index in [0.717, 1.165) is 0 Å². The second-order valence-electron chi connectivity index (χ2n) is 5.18. The number of nitrogens with zero attached hydrogens (tertiary/aromatic N) is 4. The van der Waals surface area contributed by atoms with Crippen LogP contribution in [0.4, 0.5) is 22.7 Å². The molecule has 130 valence electrons. The molecule has 0 radical (unpaired) electrons. The molecule has 26 heavy (non-hydrogen) atoms. The van der Waals surface area contributed by atoms with Gasteiger partial charge in [0.2, 0.25) is 11.8 Å². The molecule has 0 atom stereocenters. The van der Waals surface area contributed by atoms with Crippen molar-refractivity contribution in [2.24, 2.45) is 11.5 Å². The molecule has 3 rings (SSSR count). The zero-order chi connectivity index (χ0) is 18.5. The van der Waals surface area contributed by atoms with Gasteiger partial charge in [0, 0.05) is 0 Å². The lowest BCUT2D eigenvalue weighted by Gasteiger charge is -2.16. The van der Waals surface area contributed by atoms with Crippen LogP contribution in [0.2, 0.25) is 0 Å². The first kappa shape index (κ1) is 16.8. The number of rotatable bonds is 6. The van der Waals surface area contributed by atoms with Crippen LogP contribution in [0.3, 0.4) is 0 Å². The van der Waals surface area contributed by atoms with E-state index in [2.05, 4.69) is 30.6 Å². The monoisotopic (exact) mass is 350 g/mol. The molecule has 0 fully saturated rings. The topological polar surface area (TPSA) is 162 Å². The minimum atomic E-state index is -0.777. The van der Waals surface area contributed by atoms with Crippen LogP contribution in [-0.4, -0.2) is 31.8 Å². The SMILES string of the molecule is NC(=O)c1cc(Nc2cncnc2)c(Nc2cncnc2)cc1C(N)=O. The molecule has 10 heteroatoms.